The minimum atomic E-state index is -0.417. The van der Waals surface area contributed by atoms with Gasteiger partial charge >= 0.3 is 0 Å². The standard InChI is InChI=1S/C16H22N2O3/c1-3-14-16(20)18(12(2)11-15(19)17-14)9-10-21-13-7-5-4-6-8-13/h4-8,12,14H,3,9-11H2,1-2H3,(H,17,19). The van der Waals surface area contributed by atoms with E-state index < -0.39 is 6.04 Å². The van der Waals surface area contributed by atoms with Crippen molar-refractivity contribution < 1.29 is 14.3 Å². The summed E-state index contributed by atoms with van der Waals surface area (Å²) in [6.45, 7) is 4.71. The maximum Gasteiger partial charge on any atom is 0.245 e. The number of benzene rings is 1. The van der Waals surface area contributed by atoms with E-state index in [1.165, 1.54) is 0 Å². The average Bonchev–Trinajstić information content (AvgIpc) is 2.58. The zero-order valence-corrected chi connectivity index (χ0v) is 12.5. The molecule has 0 aromatic heterocycles. The summed E-state index contributed by atoms with van der Waals surface area (Å²) in [6, 6.07) is 8.99. The molecule has 1 N–H and O–H groups in total. The topological polar surface area (TPSA) is 58.6 Å². The Morgan fingerprint density at radius 2 is 2.00 bits per heavy atom. The second-order valence-corrected chi connectivity index (χ2v) is 5.27. The molecule has 1 fully saturated rings. The van der Waals surface area contributed by atoms with Crippen LogP contribution in [0.4, 0.5) is 0 Å². The van der Waals surface area contributed by atoms with Gasteiger partial charge in [-0.2, -0.15) is 0 Å². The number of carbonyl (C=O) groups is 2. The molecule has 5 heteroatoms. The molecule has 1 saturated heterocycles. The first-order valence-electron chi connectivity index (χ1n) is 7.39. The smallest absolute Gasteiger partial charge is 0.245 e. The Hall–Kier alpha value is -2.04. The average molecular weight is 290 g/mol. The molecular weight excluding hydrogens is 268 g/mol. The maximum absolute atomic E-state index is 12.4. The fourth-order valence-corrected chi connectivity index (χ4v) is 2.50. The van der Waals surface area contributed by atoms with E-state index in [1.54, 1.807) is 4.90 Å². The second-order valence-electron chi connectivity index (χ2n) is 5.27. The molecule has 0 radical (unpaired) electrons. The van der Waals surface area contributed by atoms with Crippen molar-refractivity contribution in [2.75, 3.05) is 13.2 Å². The molecule has 114 valence electrons. The summed E-state index contributed by atoms with van der Waals surface area (Å²) in [5, 5.41) is 2.78. The van der Waals surface area contributed by atoms with Gasteiger partial charge in [0.05, 0.1) is 6.54 Å². The fraction of sp³-hybridized carbons (Fsp3) is 0.500. The number of ether oxygens (including phenoxy) is 1. The van der Waals surface area contributed by atoms with Crippen molar-refractivity contribution in [3.8, 4) is 5.75 Å². The van der Waals surface area contributed by atoms with Crippen molar-refractivity contribution in [2.24, 2.45) is 0 Å². The lowest BCUT2D eigenvalue weighted by Crippen LogP contribution is -2.47. The molecule has 1 aliphatic rings. The van der Waals surface area contributed by atoms with Crippen LogP contribution in [0.25, 0.3) is 0 Å². The summed E-state index contributed by atoms with van der Waals surface area (Å²) in [5.41, 5.74) is 0. The summed E-state index contributed by atoms with van der Waals surface area (Å²) in [6.07, 6.45) is 0.945. The van der Waals surface area contributed by atoms with Gasteiger partial charge in [-0.25, -0.2) is 0 Å². The molecule has 1 heterocycles. The third-order valence-electron chi connectivity index (χ3n) is 3.68. The van der Waals surface area contributed by atoms with Crippen molar-refractivity contribution in [3.05, 3.63) is 30.3 Å². The second kappa shape index (κ2) is 7.11. The predicted molar refractivity (Wildman–Crippen MR) is 80.0 cm³/mol. The summed E-state index contributed by atoms with van der Waals surface area (Å²) in [4.78, 5) is 25.9. The van der Waals surface area contributed by atoms with Gasteiger partial charge in [0.2, 0.25) is 11.8 Å². The molecule has 1 aromatic carbocycles. The quantitative estimate of drug-likeness (QED) is 0.895. The minimum absolute atomic E-state index is 0.0208. The van der Waals surface area contributed by atoms with Crippen LogP contribution in [0, 0.1) is 0 Å². The molecule has 0 bridgehead atoms. The largest absolute Gasteiger partial charge is 0.492 e. The van der Waals surface area contributed by atoms with Gasteiger partial charge in [-0.3, -0.25) is 9.59 Å². The highest BCUT2D eigenvalue weighted by Gasteiger charge is 2.32. The van der Waals surface area contributed by atoms with E-state index in [1.807, 2.05) is 44.2 Å². The fourth-order valence-electron chi connectivity index (χ4n) is 2.50. The first-order chi connectivity index (χ1) is 10.1. The molecule has 21 heavy (non-hydrogen) atoms. The molecule has 0 saturated carbocycles. The lowest BCUT2D eigenvalue weighted by molar-refractivity contribution is -0.135. The monoisotopic (exact) mass is 290 g/mol. The van der Waals surface area contributed by atoms with E-state index in [0.29, 0.717) is 26.0 Å². The Morgan fingerprint density at radius 3 is 2.67 bits per heavy atom. The van der Waals surface area contributed by atoms with Crippen molar-refractivity contribution in [2.45, 2.75) is 38.8 Å². The minimum Gasteiger partial charge on any atom is -0.492 e. The van der Waals surface area contributed by atoms with E-state index in [-0.39, 0.29) is 17.9 Å². The Morgan fingerprint density at radius 1 is 1.29 bits per heavy atom. The summed E-state index contributed by atoms with van der Waals surface area (Å²) >= 11 is 0. The number of nitrogens with one attached hydrogen (secondary N) is 1. The zero-order valence-electron chi connectivity index (χ0n) is 12.5. The zero-order chi connectivity index (χ0) is 15.2. The number of carbonyl (C=O) groups excluding carboxylic acids is 2. The van der Waals surface area contributed by atoms with E-state index in [2.05, 4.69) is 5.32 Å². The Kier molecular flexibility index (Phi) is 5.20. The molecule has 1 aromatic rings. The van der Waals surface area contributed by atoms with Crippen molar-refractivity contribution in [1.82, 2.24) is 10.2 Å². The van der Waals surface area contributed by atoms with E-state index in [4.69, 9.17) is 4.74 Å². The summed E-state index contributed by atoms with van der Waals surface area (Å²) in [7, 11) is 0. The van der Waals surface area contributed by atoms with Crippen LogP contribution >= 0.6 is 0 Å². The van der Waals surface area contributed by atoms with Crippen LogP contribution in [-0.2, 0) is 9.59 Å². The number of para-hydroxylation sites is 1. The number of rotatable bonds is 5. The predicted octanol–water partition coefficient (Wildman–Crippen LogP) is 1.58. The number of nitrogens with zero attached hydrogens (tertiary/aromatic N) is 1. The van der Waals surface area contributed by atoms with Gasteiger partial charge in [-0.05, 0) is 25.5 Å². The van der Waals surface area contributed by atoms with Crippen molar-refractivity contribution in [3.63, 3.8) is 0 Å². The molecule has 5 nitrogen and oxygen atoms in total. The normalized spacial score (nSPS) is 22.7. The van der Waals surface area contributed by atoms with Crippen LogP contribution in [0.3, 0.4) is 0 Å². The van der Waals surface area contributed by atoms with Crippen LogP contribution in [-0.4, -0.2) is 41.9 Å². The van der Waals surface area contributed by atoms with Gasteiger partial charge in [0.25, 0.3) is 0 Å². The SMILES string of the molecule is CCC1NC(=O)CC(C)N(CCOc2ccccc2)C1=O. The van der Waals surface area contributed by atoms with E-state index in [0.717, 1.165) is 5.75 Å². The van der Waals surface area contributed by atoms with E-state index >= 15 is 0 Å². The van der Waals surface area contributed by atoms with Gasteiger partial charge in [-0.1, -0.05) is 25.1 Å². The number of hydrogen-bond acceptors (Lipinski definition) is 3. The number of amides is 2. The lowest BCUT2D eigenvalue weighted by Gasteiger charge is -2.28. The van der Waals surface area contributed by atoms with Crippen LogP contribution in [0.15, 0.2) is 30.3 Å². The van der Waals surface area contributed by atoms with Crippen molar-refractivity contribution in [1.29, 1.82) is 0 Å². The lowest BCUT2D eigenvalue weighted by atomic mass is 10.2. The van der Waals surface area contributed by atoms with Gasteiger partial charge in [0.15, 0.2) is 0 Å². The molecule has 1 aliphatic heterocycles. The molecule has 2 amide bonds. The van der Waals surface area contributed by atoms with Crippen LogP contribution in [0.1, 0.15) is 26.7 Å². The van der Waals surface area contributed by atoms with Crippen molar-refractivity contribution >= 4 is 11.8 Å². The molecule has 0 aliphatic carbocycles. The molecule has 2 unspecified atom stereocenters. The third kappa shape index (κ3) is 3.97. The summed E-state index contributed by atoms with van der Waals surface area (Å²) in [5.74, 6) is 0.704. The first kappa shape index (κ1) is 15.4. The number of hydrogen-bond donors (Lipinski definition) is 1. The van der Waals surface area contributed by atoms with Gasteiger partial charge < -0.3 is 15.0 Å². The maximum atomic E-state index is 12.4. The Balaban J connectivity index is 1.95. The van der Waals surface area contributed by atoms with Gasteiger partial charge in [0.1, 0.15) is 18.4 Å². The Bertz CT molecular complexity index is 490. The molecule has 2 atom stereocenters. The summed E-state index contributed by atoms with van der Waals surface area (Å²) < 4.78 is 5.64. The van der Waals surface area contributed by atoms with Gasteiger partial charge in [0, 0.05) is 12.5 Å². The highest BCUT2D eigenvalue weighted by Crippen LogP contribution is 2.14. The van der Waals surface area contributed by atoms with Crippen LogP contribution in [0.5, 0.6) is 5.75 Å². The highest BCUT2D eigenvalue weighted by atomic mass is 16.5. The highest BCUT2D eigenvalue weighted by molar-refractivity contribution is 5.90. The molecule has 0 spiro atoms. The first-order valence-corrected chi connectivity index (χ1v) is 7.39. The molecule has 2 rings (SSSR count). The Labute approximate surface area is 125 Å². The van der Waals surface area contributed by atoms with Crippen LogP contribution in [0.2, 0.25) is 0 Å². The van der Waals surface area contributed by atoms with Crippen LogP contribution < -0.4 is 10.1 Å². The molecular formula is C16H22N2O3. The van der Waals surface area contributed by atoms with Gasteiger partial charge in [-0.15, -0.1) is 0 Å². The third-order valence-corrected chi connectivity index (χ3v) is 3.68. The van der Waals surface area contributed by atoms with E-state index in [9.17, 15) is 9.59 Å².